The van der Waals surface area contributed by atoms with Crippen LogP contribution in [0.25, 0.3) is 0 Å². The minimum atomic E-state index is -4.54. The van der Waals surface area contributed by atoms with Crippen molar-refractivity contribution in [1.29, 1.82) is 0 Å². The van der Waals surface area contributed by atoms with Gasteiger partial charge in [0.25, 0.3) is 7.82 Å². The fraction of sp³-hybridized carbons (Fsp3) is 0.783. The van der Waals surface area contributed by atoms with Crippen LogP contribution in [0.2, 0.25) is 0 Å². The zero-order valence-corrected chi connectivity index (χ0v) is 46.6. The average Bonchev–Trinajstić information content (AvgIpc) is 3.31. The molecule has 0 spiro atoms. The van der Waals surface area contributed by atoms with Crippen molar-refractivity contribution in [2.24, 2.45) is 0 Å². The molecule has 0 aliphatic heterocycles. The van der Waals surface area contributed by atoms with Crippen LogP contribution in [0.3, 0.4) is 0 Å². The van der Waals surface area contributed by atoms with Gasteiger partial charge < -0.3 is 27.9 Å². The van der Waals surface area contributed by atoms with E-state index in [9.17, 15) is 14.3 Å². The summed E-state index contributed by atoms with van der Waals surface area (Å²) in [4.78, 5) is 25.3. The van der Waals surface area contributed by atoms with Gasteiger partial charge in [-0.05, 0) is 83.5 Å². The molecule has 0 heterocycles. The molecule has 8 nitrogen and oxygen atoms in total. The molecule has 0 aromatic carbocycles. The van der Waals surface area contributed by atoms with Gasteiger partial charge in [0.1, 0.15) is 19.3 Å². The summed E-state index contributed by atoms with van der Waals surface area (Å²) in [6.45, 7) is 5.30. The van der Waals surface area contributed by atoms with Crippen LogP contribution in [0.4, 0.5) is 0 Å². The average molecular weight is 989 g/mol. The van der Waals surface area contributed by atoms with Crippen LogP contribution in [-0.2, 0) is 27.9 Å². The molecule has 2 unspecified atom stereocenters. The first-order valence-electron chi connectivity index (χ1n) is 28.7. The van der Waals surface area contributed by atoms with Crippen molar-refractivity contribution in [3.63, 3.8) is 0 Å². The maximum atomic E-state index is 12.8. The monoisotopic (exact) mass is 988 g/mol. The SMILES string of the molecule is CC/C=C\C/C=C\C/C=C\C/C=C\CCCCCCCCCCC(=O)OC(COCCCCCCCCCCCCCCCC/C=C\C/C=C\CCCCCCC)COP(=O)([O-])OCC[N+](C)(C)C. The summed E-state index contributed by atoms with van der Waals surface area (Å²) in [7, 11) is 1.35. The topological polar surface area (TPSA) is 94.1 Å². The minimum Gasteiger partial charge on any atom is -0.756 e. The van der Waals surface area contributed by atoms with Crippen molar-refractivity contribution < 1.29 is 37.3 Å². The highest BCUT2D eigenvalue weighted by molar-refractivity contribution is 7.45. The standard InChI is InChI=1S/C60H110NO7P/c1-6-8-10-12-14-16-18-20-22-24-26-28-29-30-31-32-34-36-38-40-42-44-46-48-50-52-55-65-57-59(58-67-69(63,64)66-56-54-61(3,4)5)68-60(62)53-51-49-47-45-43-41-39-37-35-33-27-25-23-21-19-17-15-13-11-9-7-2/h9,11,15,17-18,20-21,23-24,26-27,33,59H,6-8,10,12-14,16,19,22,25,28-32,34-58H2,1-5H3/b11-9-,17-15-,20-18-,23-21-,26-24-,33-27-. The number of quaternary nitrogens is 1. The number of phosphoric acid groups is 1. The number of allylic oxidation sites excluding steroid dienone is 12. The van der Waals surface area contributed by atoms with E-state index in [1.54, 1.807) is 0 Å². The second-order valence-corrected chi connectivity index (χ2v) is 21.7. The molecule has 9 heteroatoms. The Bertz CT molecular complexity index is 1330. The quantitative estimate of drug-likeness (QED) is 0.0197. The van der Waals surface area contributed by atoms with Crippen LogP contribution in [-0.4, -0.2) is 70.7 Å². The fourth-order valence-corrected chi connectivity index (χ4v) is 8.59. The first-order chi connectivity index (χ1) is 33.6. The molecule has 0 aliphatic carbocycles. The lowest BCUT2D eigenvalue weighted by Crippen LogP contribution is -2.37. The smallest absolute Gasteiger partial charge is 0.306 e. The highest BCUT2D eigenvalue weighted by Crippen LogP contribution is 2.38. The van der Waals surface area contributed by atoms with Gasteiger partial charge in [0.2, 0.25) is 0 Å². The zero-order chi connectivity index (χ0) is 50.5. The van der Waals surface area contributed by atoms with Crippen molar-refractivity contribution in [3.8, 4) is 0 Å². The Morgan fingerprint density at radius 3 is 1.26 bits per heavy atom. The summed E-state index contributed by atoms with van der Waals surface area (Å²) in [6, 6.07) is 0. The molecule has 0 aromatic rings. The zero-order valence-electron chi connectivity index (χ0n) is 45.7. The summed E-state index contributed by atoms with van der Waals surface area (Å²) < 4.78 is 34.8. The van der Waals surface area contributed by atoms with Crippen molar-refractivity contribution in [3.05, 3.63) is 72.9 Å². The second kappa shape index (κ2) is 52.3. The van der Waals surface area contributed by atoms with Crippen LogP contribution in [0.1, 0.15) is 245 Å². The summed E-state index contributed by atoms with van der Waals surface area (Å²) in [5.41, 5.74) is 0. The number of unbranched alkanes of at least 4 members (excludes halogenated alkanes) is 27. The predicted octanol–water partition coefficient (Wildman–Crippen LogP) is 17.5. The molecular formula is C60H110NO7P. The lowest BCUT2D eigenvalue weighted by atomic mass is 10.0. The van der Waals surface area contributed by atoms with Gasteiger partial charge in [-0.1, -0.05) is 228 Å². The second-order valence-electron chi connectivity index (χ2n) is 20.3. The Balaban J connectivity index is 4.08. The Labute approximate surface area is 427 Å². The molecule has 0 aromatic heterocycles. The largest absolute Gasteiger partial charge is 0.756 e. The molecule has 402 valence electrons. The van der Waals surface area contributed by atoms with Gasteiger partial charge in [-0.25, -0.2) is 0 Å². The van der Waals surface area contributed by atoms with Crippen LogP contribution in [0, 0.1) is 0 Å². The number of ether oxygens (including phenoxy) is 2. The normalized spacial score (nSPS) is 14.0. The summed E-state index contributed by atoms with van der Waals surface area (Å²) >= 11 is 0. The maximum absolute atomic E-state index is 12.8. The number of carbonyl (C=O) groups is 1. The summed E-state index contributed by atoms with van der Waals surface area (Å²) in [6.07, 6.45) is 69.4. The van der Waals surface area contributed by atoms with E-state index in [4.69, 9.17) is 18.5 Å². The number of esters is 1. The number of hydrogen-bond donors (Lipinski definition) is 0. The van der Waals surface area contributed by atoms with Gasteiger partial charge in [-0.15, -0.1) is 0 Å². The lowest BCUT2D eigenvalue weighted by molar-refractivity contribution is -0.870. The van der Waals surface area contributed by atoms with Crippen LogP contribution in [0.5, 0.6) is 0 Å². The van der Waals surface area contributed by atoms with E-state index in [0.29, 0.717) is 24.1 Å². The summed E-state index contributed by atoms with van der Waals surface area (Å²) in [5.74, 6) is -0.342. The van der Waals surface area contributed by atoms with E-state index in [2.05, 4.69) is 86.8 Å². The number of hydrogen-bond acceptors (Lipinski definition) is 7. The molecule has 0 radical (unpaired) electrons. The molecule has 0 saturated carbocycles. The third-order valence-corrected chi connectivity index (χ3v) is 13.2. The van der Waals surface area contributed by atoms with Crippen molar-refractivity contribution in [2.45, 2.75) is 251 Å². The van der Waals surface area contributed by atoms with Gasteiger partial charge in [0.15, 0.2) is 0 Å². The Hall–Kier alpha value is -2.06. The van der Waals surface area contributed by atoms with Gasteiger partial charge in [-0.3, -0.25) is 9.36 Å². The molecule has 0 bridgehead atoms. The van der Waals surface area contributed by atoms with E-state index >= 15 is 0 Å². The van der Waals surface area contributed by atoms with Gasteiger partial charge >= 0.3 is 5.97 Å². The predicted molar refractivity (Wildman–Crippen MR) is 296 cm³/mol. The highest BCUT2D eigenvalue weighted by Gasteiger charge is 2.20. The first kappa shape index (κ1) is 66.9. The van der Waals surface area contributed by atoms with Gasteiger partial charge in [0, 0.05) is 13.0 Å². The van der Waals surface area contributed by atoms with E-state index < -0.39 is 13.9 Å². The third kappa shape index (κ3) is 56.7. The number of likely N-dealkylation sites (N-methyl/N-ethyl adjacent to an activating group) is 1. The van der Waals surface area contributed by atoms with E-state index in [-0.39, 0.29) is 25.8 Å². The van der Waals surface area contributed by atoms with Crippen LogP contribution in [0.15, 0.2) is 72.9 Å². The van der Waals surface area contributed by atoms with E-state index in [1.807, 2.05) is 21.1 Å². The van der Waals surface area contributed by atoms with Gasteiger partial charge in [0.05, 0.1) is 34.4 Å². The number of nitrogens with zero attached hydrogens (tertiary/aromatic N) is 1. The minimum absolute atomic E-state index is 0.0219. The fourth-order valence-electron chi connectivity index (χ4n) is 7.86. The summed E-state index contributed by atoms with van der Waals surface area (Å²) in [5, 5.41) is 0. The Morgan fingerprint density at radius 2 is 0.841 bits per heavy atom. The molecule has 0 saturated heterocycles. The van der Waals surface area contributed by atoms with E-state index in [1.165, 1.54) is 154 Å². The molecule has 0 aliphatic rings. The maximum Gasteiger partial charge on any atom is 0.306 e. The number of carbonyl (C=O) groups excluding carboxylic acids is 1. The van der Waals surface area contributed by atoms with Crippen LogP contribution < -0.4 is 4.89 Å². The first-order valence-corrected chi connectivity index (χ1v) is 30.1. The van der Waals surface area contributed by atoms with Crippen molar-refractivity contribution >= 4 is 13.8 Å². The van der Waals surface area contributed by atoms with Crippen molar-refractivity contribution in [1.82, 2.24) is 0 Å². The highest BCUT2D eigenvalue weighted by atomic mass is 31.2. The van der Waals surface area contributed by atoms with E-state index in [0.717, 1.165) is 70.6 Å². The number of phosphoric ester groups is 1. The third-order valence-electron chi connectivity index (χ3n) is 12.2. The molecule has 0 amide bonds. The Kier molecular flexibility index (Phi) is 50.7. The van der Waals surface area contributed by atoms with Crippen LogP contribution >= 0.6 is 7.82 Å². The van der Waals surface area contributed by atoms with Gasteiger partial charge in [-0.2, -0.15) is 0 Å². The lowest BCUT2D eigenvalue weighted by Gasteiger charge is -2.28. The molecule has 0 rings (SSSR count). The molecule has 0 N–H and O–H groups in total. The molecule has 2 atom stereocenters. The Morgan fingerprint density at radius 1 is 0.464 bits per heavy atom. The molecular weight excluding hydrogens is 878 g/mol. The molecule has 0 fully saturated rings. The molecule has 69 heavy (non-hydrogen) atoms. The number of rotatable bonds is 53. The van der Waals surface area contributed by atoms with Crippen molar-refractivity contribution in [2.75, 3.05) is 54.1 Å².